The lowest BCUT2D eigenvalue weighted by Crippen LogP contribution is -2.22. The molecule has 1 aromatic heterocycles. The van der Waals surface area contributed by atoms with Gasteiger partial charge in [-0.15, -0.1) is 0 Å². The normalized spacial score (nSPS) is 12.1. The van der Waals surface area contributed by atoms with Crippen molar-refractivity contribution in [2.75, 3.05) is 76.0 Å². The third kappa shape index (κ3) is 13.4. The Morgan fingerprint density at radius 1 is 0.770 bits per heavy atom. The Bertz CT molecular complexity index is 2420. The number of hydrogen-bond acceptors (Lipinski definition) is 11. The van der Waals surface area contributed by atoms with Gasteiger partial charge in [-0.05, 0) is 64.9 Å². The number of nitrogens with zero attached hydrogens (tertiary/aromatic N) is 1. The van der Waals surface area contributed by atoms with Gasteiger partial charge in [-0.25, -0.2) is 13.2 Å². The van der Waals surface area contributed by atoms with Crippen LogP contribution in [-0.2, 0) is 36.1 Å². The van der Waals surface area contributed by atoms with Crippen molar-refractivity contribution in [1.29, 1.82) is 0 Å². The van der Waals surface area contributed by atoms with Crippen LogP contribution in [0.4, 0.5) is 21.9 Å². The molecule has 3 N–H and O–H groups in total. The second kappa shape index (κ2) is 21.2. The van der Waals surface area contributed by atoms with Gasteiger partial charge < -0.3 is 39.1 Å². The summed E-state index contributed by atoms with van der Waals surface area (Å²) in [6, 6.07) is 23.2. The Labute approximate surface area is 358 Å². The maximum absolute atomic E-state index is 13.5. The number of carbonyl (C=O) groups is 2. The molecule has 0 spiro atoms. The fourth-order valence-electron chi connectivity index (χ4n) is 6.56. The summed E-state index contributed by atoms with van der Waals surface area (Å²) in [7, 11) is 0.940. The van der Waals surface area contributed by atoms with Crippen LogP contribution in [0.2, 0.25) is 0 Å². The van der Waals surface area contributed by atoms with Gasteiger partial charge in [-0.3, -0.25) is 14.5 Å². The maximum Gasteiger partial charge on any atom is 0.323 e. The molecule has 5 rings (SSSR count). The van der Waals surface area contributed by atoms with Crippen LogP contribution < -0.4 is 29.6 Å². The highest BCUT2D eigenvalue weighted by Crippen LogP contribution is 2.40. The number of benzene rings is 4. The van der Waals surface area contributed by atoms with E-state index in [-0.39, 0.29) is 28.6 Å². The number of ketones is 1. The molecule has 0 radical (unpaired) electrons. The number of pyridine rings is 1. The second-order valence-corrected chi connectivity index (χ2v) is 17.4. The van der Waals surface area contributed by atoms with E-state index in [2.05, 4.69) is 20.3 Å². The van der Waals surface area contributed by atoms with Crippen molar-refractivity contribution in [3.05, 3.63) is 107 Å². The monoisotopic (exact) mass is 856 g/mol. The summed E-state index contributed by atoms with van der Waals surface area (Å²) in [6.07, 6.45) is 3.51. The number of sulfonamides is 1. The van der Waals surface area contributed by atoms with Crippen LogP contribution in [0.15, 0.2) is 85.1 Å². The van der Waals surface area contributed by atoms with Gasteiger partial charge in [-0.2, -0.15) is 0 Å². The number of hydrogen-bond donors (Lipinski definition) is 3. The zero-order valence-electron chi connectivity index (χ0n) is 36.0. The van der Waals surface area contributed by atoms with E-state index in [1.807, 2.05) is 70.2 Å². The van der Waals surface area contributed by atoms with Crippen LogP contribution >= 0.6 is 0 Å². The number of ether oxygens (including phenoxy) is 6. The Hall–Kier alpha value is -5.74. The molecule has 5 aromatic rings. The maximum atomic E-state index is 13.5. The molecule has 0 saturated carbocycles. The van der Waals surface area contributed by atoms with Gasteiger partial charge in [0.25, 0.3) is 0 Å². The van der Waals surface area contributed by atoms with Crippen LogP contribution in [0, 0.1) is 5.92 Å². The minimum atomic E-state index is -3.64. The molecule has 0 aliphatic heterocycles. The number of nitrogens with one attached hydrogen (secondary N) is 3. The molecule has 0 aliphatic carbocycles. The average Bonchev–Trinajstić information content (AvgIpc) is 3.20. The minimum Gasteiger partial charge on any atom is -0.496 e. The van der Waals surface area contributed by atoms with E-state index < -0.39 is 16.1 Å². The lowest BCUT2D eigenvalue weighted by Gasteiger charge is -2.24. The molecule has 0 aliphatic rings. The highest BCUT2D eigenvalue weighted by atomic mass is 32.2. The Morgan fingerprint density at radius 2 is 1.48 bits per heavy atom. The summed E-state index contributed by atoms with van der Waals surface area (Å²) < 4.78 is 60.6. The molecule has 4 aromatic carbocycles. The van der Waals surface area contributed by atoms with Crippen molar-refractivity contribution < 1.29 is 46.4 Å². The van der Waals surface area contributed by atoms with E-state index in [0.29, 0.717) is 80.1 Å². The first-order valence-corrected chi connectivity index (χ1v) is 21.7. The number of carbonyl (C=O) groups excluding carboxylic acids is 2. The molecule has 15 heteroatoms. The molecular weight excluding hydrogens is 801 g/mol. The Kier molecular flexibility index (Phi) is 16.1. The van der Waals surface area contributed by atoms with Gasteiger partial charge in [0.2, 0.25) is 10.0 Å². The molecule has 0 fully saturated rings. The fraction of sp³-hybridized carbons (Fsp3) is 0.370. The zero-order chi connectivity index (χ0) is 44.2. The molecule has 0 saturated heterocycles. The van der Waals surface area contributed by atoms with E-state index in [1.165, 1.54) is 7.11 Å². The predicted octanol–water partition coefficient (Wildman–Crippen LogP) is 8.84. The summed E-state index contributed by atoms with van der Waals surface area (Å²) in [4.78, 5) is 31.3. The molecule has 1 heterocycles. The van der Waals surface area contributed by atoms with Crippen molar-refractivity contribution in [2.24, 2.45) is 5.92 Å². The van der Waals surface area contributed by atoms with E-state index in [4.69, 9.17) is 28.4 Å². The smallest absolute Gasteiger partial charge is 0.323 e. The number of aromatic nitrogens is 1. The highest BCUT2D eigenvalue weighted by Gasteiger charge is 2.23. The Morgan fingerprint density at radius 3 is 2.18 bits per heavy atom. The van der Waals surface area contributed by atoms with E-state index >= 15 is 0 Å². The molecule has 1 atom stereocenters. The van der Waals surface area contributed by atoms with Gasteiger partial charge in [0.05, 0.1) is 69.5 Å². The molecular formula is C46H56N4O10S. The van der Waals surface area contributed by atoms with E-state index in [0.717, 1.165) is 33.8 Å². The van der Waals surface area contributed by atoms with Gasteiger partial charge in [-0.1, -0.05) is 58.0 Å². The van der Waals surface area contributed by atoms with Crippen molar-refractivity contribution >= 4 is 49.7 Å². The molecule has 14 nitrogen and oxygen atoms in total. The summed E-state index contributed by atoms with van der Waals surface area (Å²) in [5.74, 6) is 1.78. The molecule has 0 bridgehead atoms. The second-order valence-electron chi connectivity index (χ2n) is 15.7. The van der Waals surface area contributed by atoms with Crippen molar-refractivity contribution in [2.45, 2.75) is 46.0 Å². The fourth-order valence-corrected chi connectivity index (χ4v) is 7.11. The number of methoxy groups -OCH3 is 3. The highest BCUT2D eigenvalue weighted by molar-refractivity contribution is 7.92. The van der Waals surface area contributed by atoms with Gasteiger partial charge in [0, 0.05) is 55.3 Å². The third-order valence-electron chi connectivity index (χ3n) is 9.54. The van der Waals surface area contributed by atoms with Crippen molar-refractivity contribution in [3.8, 4) is 23.0 Å². The number of urea groups is 1. The molecule has 0 unspecified atom stereocenters. The zero-order valence-corrected chi connectivity index (χ0v) is 36.9. The number of fused-ring (bicyclic) bond motifs is 1. The third-order valence-corrected chi connectivity index (χ3v) is 10.1. The Balaban J connectivity index is 1.26. The van der Waals surface area contributed by atoms with Crippen LogP contribution in [-0.4, -0.2) is 85.8 Å². The van der Waals surface area contributed by atoms with Gasteiger partial charge >= 0.3 is 6.03 Å². The summed E-state index contributed by atoms with van der Waals surface area (Å²) in [6.45, 7) is 10.3. The van der Waals surface area contributed by atoms with Crippen LogP contribution in [0.25, 0.3) is 10.8 Å². The quantitative estimate of drug-likeness (QED) is 0.0476. The van der Waals surface area contributed by atoms with Crippen molar-refractivity contribution in [3.63, 3.8) is 0 Å². The van der Waals surface area contributed by atoms with E-state index in [1.54, 1.807) is 56.8 Å². The minimum absolute atomic E-state index is 0.0155. The SMILES string of the molecule is COCCOCCOC[C@@H](C)CC(=O)c1ccc(Cc2cc(Oc3ccc(NC(=O)Nc4cc(C(C)(C)C)cc(NS(C)(=O)=O)c4OC)c4ccccc34)ccn2)cc1OC. The topological polar surface area (TPSA) is 173 Å². The number of Topliss-reactive ketones (excluding diaryl/α,β-unsaturated/α-hetero) is 1. The van der Waals surface area contributed by atoms with Crippen molar-refractivity contribution in [1.82, 2.24) is 4.98 Å². The molecule has 326 valence electrons. The van der Waals surface area contributed by atoms with Crippen LogP contribution in [0.3, 0.4) is 0 Å². The average molecular weight is 857 g/mol. The molecule has 2 amide bonds. The standard InChI is InChI=1S/C46H56N4O10S/c1-30(29-59-22-21-58-20-19-55-5)23-41(51)37-14-13-31(25-43(37)56-6)24-33-28-34(17-18-47-33)60-42-16-15-38(35-11-9-10-12-36(35)42)48-45(52)49-39-26-32(46(2,3)4)27-40(44(39)57-7)50-61(8,53)54/h9-18,25-28,30,50H,19-24,29H2,1-8H3,(H2,48,49,52)/t30-/m0/s1. The summed E-state index contributed by atoms with van der Waals surface area (Å²) >= 11 is 0. The number of amides is 2. The first kappa shape index (κ1) is 46.3. The first-order valence-electron chi connectivity index (χ1n) is 19.9. The van der Waals surface area contributed by atoms with Crippen LogP contribution in [0.1, 0.15) is 61.3 Å². The predicted molar refractivity (Wildman–Crippen MR) is 238 cm³/mol. The van der Waals surface area contributed by atoms with E-state index in [9.17, 15) is 18.0 Å². The summed E-state index contributed by atoms with van der Waals surface area (Å²) in [5, 5.41) is 7.26. The summed E-state index contributed by atoms with van der Waals surface area (Å²) in [5.41, 5.74) is 3.61. The molecule has 61 heavy (non-hydrogen) atoms. The lowest BCUT2D eigenvalue weighted by atomic mass is 9.86. The van der Waals surface area contributed by atoms with Gasteiger partial charge in [0.15, 0.2) is 11.5 Å². The number of anilines is 3. The first-order chi connectivity index (χ1) is 29.1. The largest absolute Gasteiger partial charge is 0.496 e. The lowest BCUT2D eigenvalue weighted by molar-refractivity contribution is 0.0165. The van der Waals surface area contributed by atoms with Gasteiger partial charge in [0.1, 0.15) is 17.2 Å². The number of rotatable bonds is 21. The van der Waals surface area contributed by atoms with Crippen LogP contribution in [0.5, 0.6) is 23.0 Å².